The molecule has 1 aromatic carbocycles. The van der Waals surface area contributed by atoms with Crippen molar-refractivity contribution in [3.8, 4) is 0 Å². The van der Waals surface area contributed by atoms with Crippen LogP contribution in [-0.2, 0) is 14.7 Å². The Morgan fingerprint density at radius 2 is 2.10 bits per heavy atom. The van der Waals surface area contributed by atoms with Crippen LogP contribution in [0, 0.1) is 0 Å². The fraction of sp³-hybridized carbons (Fsp3) is 0.273. The van der Waals surface area contributed by atoms with E-state index < -0.39 is 15.8 Å². The van der Waals surface area contributed by atoms with Gasteiger partial charge in [0.2, 0.25) is 0 Å². The number of benzene rings is 1. The third-order valence-electron chi connectivity index (χ3n) is 2.81. The minimum absolute atomic E-state index is 0.00432. The van der Waals surface area contributed by atoms with Crippen LogP contribution < -0.4 is 0 Å². The Morgan fingerprint density at radius 3 is 2.65 bits per heavy atom. The second kappa shape index (κ2) is 5.23. The van der Waals surface area contributed by atoms with Gasteiger partial charge < -0.3 is 9.94 Å². The number of nitrogens with zero attached hydrogens (tertiary/aromatic N) is 1. The van der Waals surface area contributed by atoms with Crippen LogP contribution in [0.4, 0.5) is 0 Å². The van der Waals surface area contributed by atoms with E-state index >= 15 is 0 Å². The summed E-state index contributed by atoms with van der Waals surface area (Å²) in [6.45, 7) is 0. The molecule has 9 heteroatoms. The van der Waals surface area contributed by atoms with Crippen molar-refractivity contribution in [3.63, 3.8) is 0 Å². The largest absolute Gasteiger partial charge is 0.478 e. The van der Waals surface area contributed by atoms with Crippen molar-refractivity contribution in [2.75, 3.05) is 12.9 Å². The summed E-state index contributed by atoms with van der Waals surface area (Å²) in [4.78, 5) is 15.6. The molecule has 0 fully saturated rings. The lowest BCUT2D eigenvalue weighted by atomic mass is 10.0. The van der Waals surface area contributed by atoms with Crippen LogP contribution in [-0.4, -0.2) is 38.1 Å². The smallest absolute Gasteiger partial charge is 0.337 e. The van der Waals surface area contributed by atoms with Crippen LogP contribution in [0.5, 0.6) is 0 Å². The van der Waals surface area contributed by atoms with Crippen molar-refractivity contribution in [3.05, 3.63) is 27.2 Å². The maximum absolute atomic E-state index is 12.1. The quantitative estimate of drug-likeness (QED) is 0.835. The summed E-state index contributed by atoms with van der Waals surface area (Å²) in [6.07, 6.45) is 0.0717. The number of hydrogen-bond acceptors (Lipinski definition) is 5. The number of aromatic carboxylic acids is 1. The average molecular weight is 338 g/mol. The molecule has 0 saturated heterocycles. The molecule has 108 valence electrons. The molecule has 1 aromatic rings. The molecule has 2 rings (SSSR count). The second-order valence-electron chi connectivity index (χ2n) is 4.02. The fourth-order valence-electron chi connectivity index (χ4n) is 1.99. The lowest BCUT2D eigenvalue weighted by Crippen LogP contribution is -2.24. The molecule has 1 heterocycles. The zero-order valence-electron chi connectivity index (χ0n) is 10.2. The van der Waals surface area contributed by atoms with E-state index in [1.54, 1.807) is 0 Å². The van der Waals surface area contributed by atoms with Gasteiger partial charge in [-0.1, -0.05) is 28.4 Å². The van der Waals surface area contributed by atoms with Crippen molar-refractivity contribution in [2.24, 2.45) is 5.16 Å². The van der Waals surface area contributed by atoms with Crippen LogP contribution in [0.15, 0.2) is 16.1 Å². The van der Waals surface area contributed by atoms with E-state index in [4.69, 9.17) is 28.3 Å². The predicted octanol–water partition coefficient (Wildman–Crippen LogP) is 2.22. The molecule has 0 spiro atoms. The number of rotatable bonds is 2. The van der Waals surface area contributed by atoms with E-state index in [2.05, 4.69) is 9.99 Å². The number of carbonyl (C=O) groups is 1. The monoisotopic (exact) mass is 337 g/mol. The summed E-state index contributed by atoms with van der Waals surface area (Å²) in [5, 5.41) is 12.4. The van der Waals surface area contributed by atoms with Gasteiger partial charge in [0.05, 0.1) is 32.0 Å². The maximum Gasteiger partial charge on any atom is 0.337 e. The van der Waals surface area contributed by atoms with Crippen LogP contribution in [0.2, 0.25) is 10.0 Å². The number of sulfone groups is 1. The number of oxime groups is 1. The first-order chi connectivity index (χ1) is 9.29. The molecular weight excluding hydrogens is 329 g/mol. The number of halogens is 2. The normalized spacial score (nSPS) is 18.6. The summed E-state index contributed by atoms with van der Waals surface area (Å²) in [7, 11) is -2.34. The first kappa shape index (κ1) is 15.1. The van der Waals surface area contributed by atoms with E-state index in [-0.39, 0.29) is 44.0 Å². The van der Waals surface area contributed by atoms with Gasteiger partial charge >= 0.3 is 5.97 Å². The molecule has 6 nitrogen and oxygen atoms in total. The van der Waals surface area contributed by atoms with Crippen molar-refractivity contribution < 1.29 is 23.2 Å². The third-order valence-corrected chi connectivity index (χ3v) is 5.40. The number of carboxylic acids is 1. The zero-order chi connectivity index (χ0) is 15.1. The Labute approximate surface area is 124 Å². The molecule has 1 N–H and O–H groups in total. The summed E-state index contributed by atoms with van der Waals surface area (Å²) in [6, 6.07) is 1.03. The highest BCUT2D eigenvalue weighted by atomic mass is 35.5. The van der Waals surface area contributed by atoms with Gasteiger partial charge in [-0.15, -0.1) is 0 Å². The van der Waals surface area contributed by atoms with Crippen LogP contribution >= 0.6 is 23.2 Å². The Morgan fingerprint density at radius 1 is 1.45 bits per heavy atom. The van der Waals surface area contributed by atoms with Gasteiger partial charge in [-0.05, 0) is 6.07 Å². The van der Waals surface area contributed by atoms with E-state index in [0.717, 1.165) is 6.07 Å². The molecule has 0 unspecified atom stereocenters. The van der Waals surface area contributed by atoms with Gasteiger partial charge in [-0.2, -0.15) is 0 Å². The fourth-order valence-corrected chi connectivity index (χ4v) is 4.49. The third kappa shape index (κ3) is 2.36. The van der Waals surface area contributed by atoms with Crippen LogP contribution in [0.3, 0.4) is 0 Å². The molecular formula is C11H9Cl2NO5S. The molecule has 1 aliphatic rings. The second-order valence-corrected chi connectivity index (χ2v) is 6.85. The van der Waals surface area contributed by atoms with Crippen LogP contribution in [0.25, 0.3) is 0 Å². The highest BCUT2D eigenvalue weighted by Gasteiger charge is 2.35. The molecule has 20 heavy (non-hydrogen) atoms. The van der Waals surface area contributed by atoms with Gasteiger partial charge in [-0.25, -0.2) is 13.2 Å². The summed E-state index contributed by atoms with van der Waals surface area (Å²) < 4.78 is 24.2. The predicted molar refractivity (Wildman–Crippen MR) is 73.6 cm³/mol. The molecule has 0 atom stereocenters. The molecule has 0 aliphatic carbocycles. The van der Waals surface area contributed by atoms with Crippen molar-refractivity contribution in [2.45, 2.75) is 11.3 Å². The van der Waals surface area contributed by atoms with Crippen LogP contribution in [0.1, 0.15) is 22.3 Å². The van der Waals surface area contributed by atoms with E-state index in [0.29, 0.717) is 0 Å². The SMILES string of the molecule is CON=C1CCS(=O)(=O)c2c(Cl)cc(C(=O)O)c(Cl)c21. The topological polar surface area (TPSA) is 93.0 Å². The van der Waals surface area contributed by atoms with Crippen molar-refractivity contribution in [1.82, 2.24) is 0 Å². The molecule has 0 aromatic heterocycles. The summed E-state index contributed by atoms with van der Waals surface area (Å²) >= 11 is 11.9. The minimum Gasteiger partial charge on any atom is -0.478 e. The van der Waals surface area contributed by atoms with Gasteiger partial charge in [-0.3, -0.25) is 0 Å². The molecule has 0 amide bonds. The van der Waals surface area contributed by atoms with Gasteiger partial charge in [0, 0.05) is 12.0 Å². The number of carboxylic acid groups (broad SMARTS) is 1. The van der Waals surface area contributed by atoms with Crippen molar-refractivity contribution in [1.29, 1.82) is 0 Å². The van der Waals surface area contributed by atoms with E-state index in [9.17, 15) is 13.2 Å². The average Bonchev–Trinajstić information content (AvgIpc) is 2.35. The lowest BCUT2D eigenvalue weighted by molar-refractivity contribution is 0.0697. The first-order valence-corrected chi connectivity index (χ1v) is 7.79. The number of fused-ring (bicyclic) bond motifs is 1. The molecule has 0 saturated carbocycles. The Balaban J connectivity index is 2.91. The number of hydrogen-bond donors (Lipinski definition) is 1. The Hall–Kier alpha value is -1.31. The summed E-state index contributed by atoms with van der Waals surface area (Å²) in [5.74, 6) is -1.50. The first-order valence-electron chi connectivity index (χ1n) is 5.38. The molecule has 0 bridgehead atoms. The van der Waals surface area contributed by atoms with Gasteiger partial charge in [0.25, 0.3) is 0 Å². The Kier molecular flexibility index (Phi) is 3.95. The van der Waals surface area contributed by atoms with E-state index in [1.165, 1.54) is 7.11 Å². The Bertz CT molecular complexity index is 727. The van der Waals surface area contributed by atoms with Crippen molar-refractivity contribution >= 4 is 44.7 Å². The molecule has 0 radical (unpaired) electrons. The minimum atomic E-state index is -3.63. The highest BCUT2D eigenvalue weighted by molar-refractivity contribution is 7.91. The molecule has 1 aliphatic heterocycles. The standard InChI is InChI=1S/C11H9Cl2NO5S/c1-19-14-7-2-3-20(17,18)10-6(12)4-5(11(15)16)9(13)8(7)10/h4H,2-3H2,1H3,(H,15,16). The summed E-state index contributed by atoms with van der Waals surface area (Å²) in [5.41, 5.74) is -0.0201. The lowest BCUT2D eigenvalue weighted by Gasteiger charge is -2.21. The van der Waals surface area contributed by atoms with E-state index in [1.807, 2.05) is 0 Å². The maximum atomic E-state index is 12.1. The van der Waals surface area contributed by atoms with Gasteiger partial charge in [0.1, 0.15) is 7.11 Å². The van der Waals surface area contributed by atoms with Gasteiger partial charge in [0.15, 0.2) is 9.84 Å². The zero-order valence-corrected chi connectivity index (χ0v) is 12.5. The highest BCUT2D eigenvalue weighted by Crippen LogP contribution is 2.38.